The predicted molar refractivity (Wildman–Crippen MR) is 76.6 cm³/mol. The first kappa shape index (κ1) is 23.2. The Hall–Kier alpha value is -1.11. The number of benzene rings is 1. The first-order valence-corrected chi connectivity index (χ1v) is 7.49. The Labute approximate surface area is 128 Å². The maximum Gasteiger partial charge on any atom is 0.294 e. The second-order valence-corrected chi connectivity index (χ2v) is 5.25. The van der Waals surface area contributed by atoms with Crippen LogP contribution in [0.2, 0.25) is 0 Å². The molecule has 10 heteroatoms. The van der Waals surface area contributed by atoms with Gasteiger partial charge in [-0.15, -0.1) is 0 Å². The normalized spacial score (nSPS) is 10.6. The van der Waals surface area contributed by atoms with Crippen LogP contribution in [0.25, 0.3) is 0 Å². The van der Waals surface area contributed by atoms with Gasteiger partial charge in [-0.05, 0) is 12.1 Å². The third-order valence-corrected chi connectivity index (χ3v) is 2.75. The summed E-state index contributed by atoms with van der Waals surface area (Å²) in [7, 11) is -4.00. The summed E-state index contributed by atoms with van der Waals surface area (Å²) in [5, 5.41) is 48.0. The van der Waals surface area contributed by atoms with E-state index in [1.54, 1.807) is 18.2 Å². The van der Waals surface area contributed by atoms with Gasteiger partial charge in [0.05, 0.1) is 31.3 Å². The van der Waals surface area contributed by atoms with E-state index >= 15 is 0 Å². The molecule has 1 rings (SSSR count). The maximum absolute atomic E-state index is 10.4. The zero-order valence-electron chi connectivity index (χ0n) is 11.7. The van der Waals surface area contributed by atoms with Crippen LogP contribution in [0.4, 0.5) is 0 Å². The van der Waals surface area contributed by atoms with Crippen LogP contribution in [0.3, 0.4) is 0 Å². The Morgan fingerprint density at radius 2 is 1.09 bits per heavy atom. The first-order chi connectivity index (χ1) is 10.2. The van der Waals surface area contributed by atoms with Crippen molar-refractivity contribution < 1.29 is 43.6 Å². The maximum atomic E-state index is 10.4. The second kappa shape index (κ2) is 13.5. The number of aliphatic hydroxyl groups is 6. The second-order valence-electron chi connectivity index (χ2n) is 3.83. The lowest BCUT2D eigenvalue weighted by atomic mass is 10.4. The minimum Gasteiger partial charge on any atom is -0.394 e. The average molecular weight is 342 g/mol. The van der Waals surface area contributed by atoms with E-state index < -0.39 is 22.3 Å². The van der Waals surface area contributed by atoms with Crippen LogP contribution in [-0.4, -0.2) is 82.2 Å². The number of aliphatic hydroxyl groups excluding tert-OH is 6. The lowest BCUT2D eigenvalue weighted by molar-refractivity contribution is 0.0450. The van der Waals surface area contributed by atoms with Gasteiger partial charge in [0, 0.05) is 0 Å². The van der Waals surface area contributed by atoms with E-state index in [0.29, 0.717) is 0 Å². The highest BCUT2D eigenvalue weighted by molar-refractivity contribution is 7.85. The van der Waals surface area contributed by atoms with Gasteiger partial charge in [-0.1, -0.05) is 18.2 Å². The molecule has 0 heterocycles. The smallest absolute Gasteiger partial charge is 0.294 e. The Balaban J connectivity index is 0. The SMILES string of the molecule is O=S(=O)(O)c1ccccc1.OCC(O)CO.OCC(O)CO. The highest BCUT2D eigenvalue weighted by atomic mass is 32.2. The monoisotopic (exact) mass is 342 g/mol. The third-order valence-electron chi connectivity index (χ3n) is 1.88. The van der Waals surface area contributed by atoms with Gasteiger partial charge in [0.15, 0.2) is 0 Å². The summed E-state index contributed by atoms with van der Waals surface area (Å²) in [5.74, 6) is 0. The fourth-order valence-electron chi connectivity index (χ4n) is 0.708. The molecule has 0 fully saturated rings. The highest BCUT2D eigenvalue weighted by Gasteiger charge is 2.05. The van der Waals surface area contributed by atoms with Crippen molar-refractivity contribution in [3.8, 4) is 0 Å². The van der Waals surface area contributed by atoms with E-state index in [-0.39, 0.29) is 31.3 Å². The van der Waals surface area contributed by atoms with Gasteiger partial charge in [-0.25, -0.2) is 0 Å². The van der Waals surface area contributed by atoms with E-state index in [4.69, 9.17) is 35.2 Å². The van der Waals surface area contributed by atoms with Crippen LogP contribution in [0.1, 0.15) is 0 Å². The molecule has 0 unspecified atom stereocenters. The molecule has 0 aliphatic rings. The lowest BCUT2D eigenvalue weighted by Crippen LogP contribution is -2.15. The average Bonchev–Trinajstić information content (AvgIpc) is 2.54. The van der Waals surface area contributed by atoms with Crippen LogP contribution >= 0.6 is 0 Å². The number of hydrogen-bond donors (Lipinski definition) is 7. The summed E-state index contributed by atoms with van der Waals surface area (Å²) < 4.78 is 29.2. The Bertz CT molecular complexity index is 431. The number of rotatable bonds is 5. The summed E-state index contributed by atoms with van der Waals surface area (Å²) in [6.45, 7) is -1.46. The first-order valence-electron chi connectivity index (χ1n) is 6.05. The van der Waals surface area contributed by atoms with Gasteiger partial charge in [0.1, 0.15) is 12.2 Å². The van der Waals surface area contributed by atoms with Gasteiger partial charge < -0.3 is 30.6 Å². The molecule has 0 aliphatic carbocycles. The van der Waals surface area contributed by atoms with Gasteiger partial charge in [0.2, 0.25) is 0 Å². The summed E-state index contributed by atoms with van der Waals surface area (Å²) >= 11 is 0. The molecule has 0 saturated carbocycles. The van der Waals surface area contributed by atoms with E-state index in [1.807, 2.05) is 0 Å². The Kier molecular flexibility index (Phi) is 14.3. The van der Waals surface area contributed by atoms with Crippen molar-refractivity contribution >= 4 is 10.1 Å². The molecule has 7 N–H and O–H groups in total. The van der Waals surface area contributed by atoms with Gasteiger partial charge in [-0.3, -0.25) is 4.55 Å². The van der Waals surface area contributed by atoms with E-state index in [9.17, 15) is 8.42 Å². The van der Waals surface area contributed by atoms with Crippen LogP contribution < -0.4 is 0 Å². The molecule has 0 bridgehead atoms. The van der Waals surface area contributed by atoms with Crippen molar-refractivity contribution in [3.63, 3.8) is 0 Å². The third kappa shape index (κ3) is 13.9. The molecule has 0 aliphatic heterocycles. The molecule has 0 amide bonds. The molecule has 1 aromatic rings. The summed E-state index contributed by atoms with van der Waals surface area (Å²) in [6.07, 6.45) is -1.91. The quantitative estimate of drug-likeness (QED) is 0.287. The molecule has 130 valence electrons. The minimum absolute atomic E-state index is 0.0741. The summed E-state index contributed by atoms with van der Waals surface area (Å²) in [4.78, 5) is -0.0741. The molecule has 9 nitrogen and oxygen atoms in total. The summed E-state index contributed by atoms with van der Waals surface area (Å²) in [5.41, 5.74) is 0. The fraction of sp³-hybridized carbons (Fsp3) is 0.500. The zero-order chi connectivity index (χ0) is 17.6. The van der Waals surface area contributed by atoms with E-state index in [1.165, 1.54) is 12.1 Å². The molecule has 0 radical (unpaired) electrons. The van der Waals surface area contributed by atoms with E-state index in [0.717, 1.165) is 0 Å². The van der Waals surface area contributed by atoms with Gasteiger partial charge >= 0.3 is 0 Å². The Morgan fingerprint density at radius 3 is 1.23 bits per heavy atom. The van der Waals surface area contributed by atoms with E-state index in [2.05, 4.69) is 0 Å². The topological polar surface area (TPSA) is 176 Å². The van der Waals surface area contributed by atoms with Crippen molar-refractivity contribution in [2.24, 2.45) is 0 Å². The predicted octanol–water partition coefficient (Wildman–Crippen LogP) is -2.40. The van der Waals surface area contributed by atoms with Crippen LogP contribution in [0.5, 0.6) is 0 Å². The standard InChI is InChI=1S/C6H6O3S.2C3H8O3/c7-10(8,9)6-4-2-1-3-5-6;2*4-1-3(6)2-5/h1-5H,(H,7,8,9);2*3-6H,1-2H2. The van der Waals surface area contributed by atoms with Crippen LogP contribution in [0.15, 0.2) is 35.2 Å². The van der Waals surface area contributed by atoms with Gasteiger partial charge in [0.25, 0.3) is 10.1 Å². The molecule has 0 atom stereocenters. The van der Waals surface area contributed by atoms with Crippen molar-refractivity contribution in [2.75, 3.05) is 26.4 Å². The molecule has 0 spiro atoms. The van der Waals surface area contributed by atoms with Gasteiger partial charge in [-0.2, -0.15) is 8.42 Å². The van der Waals surface area contributed by atoms with Crippen molar-refractivity contribution in [1.82, 2.24) is 0 Å². The van der Waals surface area contributed by atoms with Crippen molar-refractivity contribution in [1.29, 1.82) is 0 Å². The summed E-state index contributed by atoms with van der Waals surface area (Å²) in [6, 6.07) is 7.42. The molecule has 0 aromatic heterocycles. The highest BCUT2D eigenvalue weighted by Crippen LogP contribution is 2.05. The lowest BCUT2D eigenvalue weighted by Gasteiger charge is -1.96. The van der Waals surface area contributed by atoms with Crippen molar-refractivity contribution in [3.05, 3.63) is 30.3 Å². The molecular formula is C12H22O9S. The van der Waals surface area contributed by atoms with Crippen molar-refractivity contribution in [2.45, 2.75) is 17.1 Å². The molecule has 0 saturated heterocycles. The zero-order valence-corrected chi connectivity index (χ0v) is 12.5. The van der Waals surface area contributed by atoms with Crippen LogP contribution in [0, 0.1) is 0 Å². The molecule has 22 heavy (non-hydrogen) atoms. The number of hydrogen-bond acceptors (Lipinski definition) is 8. The molecule has 1 aromatic carbocycles. The largest absolute Gasteiger partial charge is 0.394 e. The molecular weight excluding hydrogens is 320 g/mol. The van der Waals surface area contributed by atoms with Crippen LogP contribution in [-0.2, 0) is 10.1 Å². The fourth-order valence-corrected chi connectivity index (χ4v) is 1.21. The Morgan fingerprint density at radius 1 is 0.773 bits per heavy atom. The minimum atomic E-state index is -4.00.